The van der Waals surface area contributed by atoms with Crippen LogP contribution in [-0.2, 0) is 11.3 Å². The van der Waals surface area contributed by atoms with Gasteiger partial charge in [0.1, 0.15) is 5.75 Å². The molecule has 128 valence electrons. The van der Waals surface area contributed by atoms with Crippen molar-refractivity contribution in [2.24, 2.45) is 0 Å². The van der Waals surface area contributed by atoms with Crippen LogP contribution in [0.25, 0.3) is 0 Å². The van der Waals surface area contributed by atoms with E-state index in [9.17, 15) is 4.79 Å². The highest BCUT2D eigenvalue weighted by atomic mass is 16.5. The second kappa shape index (κ2) is 9.40. The van der Waals surface area contributed by atoms with Crippen LogP contribution in [0.3, 0.4) is 0 Å². The highest BCUT2D eigenvalue weighted by molar-refractivity contribution is 5.74. The minimum atomic E-state index is -0.109. The van der Waals surface area contributed by atoms with Crippen LogP contribution in [-0.4, -0.2) is 31.9 Å². The van der Waals surface area contributed by atoms with Gasteiger partial charge in [0.05, 0.1) is 6.61 Å². The van der Waals surface area contributed by atoms with Gasteiger partial charge >= 0.3 is 6.03 Å². The van der Waals surface area contributed by atoms with Gasteiger partial charge in [-0.25, -0.2) is 4.79 Å². The number of carbonyl (C=O) groups excluding carboxylic acids is 1. The second-order valence-corrected chi connectivity index (χ2v) is 6.00. The number of urea groups is 1. The Morgan fingerprint density at radius 1 is 1.35 bits per heavy atom. The van der Waals surface area contributed by atoms with E-state index in [0.29, 0.717) is 6.54 Å². The van der Waals surface area contributed by atoms with Gasteiger partial charge in [-0.3, -0.25) is 0 Å². The van der Waals surface area contributed by atoms with E-state index in [-0.39, 0.29) is 12.1 Å². The summed E-state index contributed by atoms with van der Waals surface area (Å²) in [6.07, 6.45) is 3.86. The van der Waals surface area contributed by atoms with Gasteiger partial charge < -0.3 is 20.1 Å². The first-order valence-electron chi connectivity index (χ1n) is 8.53. The van der Waals surface area contributed by atoms with E-state index < -0.39 is 0 Å². The lowest BCUT2D eigenvalue weighted by molar-refractivity contribution is 0.143. The summed E-state index contributed by atoms with van der Waals surface area (Å²) >= 11 is 0. The molecule has 0 saturated carbocycles. The molecular weight excluding hydrogens is 292 g/mol. The van der Waals surface area contributed by atoms with Crippen LogP contribution in [0.5, 0.6) is 5.75 Å². The Balaban J connectivity index is 1.79. The minimum absolute atomic E-state index is 0.109. The molecule has 0 bridgehead atoms. The fraction of sp³-hybridized carbons (Fsp3) is 0.611. The van der Waals surface area contributed by atoms with Gasteiger partial charge in [0, 0.05) is 25.8 Å². The van der Waals surface area contributed by atoms with Crippen LogP contribution in [0.2, 0.25) is 0 Å². The van der Waals surface area contributed by atoms with Crippen molar-refractivity contribution in [2.75, 3.05) is 19.8 Å². The predicted molar refractivity (Wildman–Crippen MR) is 90.8 cm³/mol. The molecule has 1 heterocycles. The first-order chi connectivity index (χ1) is 11.2. The zero-order valence-electron chi connectivity index (χ0n) is 14.2. The number of rotatable bonds is 6. The molecule has 1 aliphatic heterocycles. The van der Waals surface area contributed by atoms with E-state index in [1.807, 2.05) is 25.1 Å². The maximum absolute atomic E-state index is 12.0. The Morgan fingerprint density at radius 3 is 3.00 bits per heavy atom. The topological polar surface area (TPSA) is 59.6 Å². The number of hydrogen-bond acceptors (Lipinski definition) is 3. The first kappa shape index (κ1) is 17.6. The van der Waals surface area contributed by atoms with Crippen LogP contribution in [0.1, 0.15) is 43.7 Å². The van der Waals surface area contributed by atoms with Crippen LogP contribution in [0.15, 0.2) is 18.2 Å². The Bertz CT molecular complexity index is 497. The zero-order chi connectivity index (χ0) is 16.5. The number of ether oxygens (including phenoxy) is 2. The highest BCUT2D eigenvalue weighted by Crippen LogP contribution is 2.17. The fourth-order valence-corrected chi connectivity index (χ4v) is 2.64. The quantitative estimate of drug-likeness (QED) is 0.846. The van der Waals surface area contributed by atoms with Gasteiger partial charge in [-0.1, -0.05) is 13.0 Å². The first-order valence-corrected chi connectivity index (χ1v) is 8.53. The summed E-state index contributed by atoms with van der Waals surface area (Å²) in [7, 11) is 0. The highest BCUT2D eigenvalue weighted by Gasteiger charge is 2.14. The van der Waals surface area contributed by atoms with Crippen molar-refractivity contribution in [3.05, 3.63) is 29.3 Å². The van der Waals surface area contributed by atoms with Gasteiger partial charge in [-0.05, 0) is 55.9 Å². The lowest BCUT2D eigenvalue weighted by Gasteiger charge is -2.17. The van der Waals surface area contributed by atoms with Crippen molar-refractivity contribution in [2.45, 2.75) is 52.1 Å². The number of carbonyl (C=O) groups is 1. The summed E-state index contributed by atoms with van der Waals surface area (Å²) < 4.78 is 11.0. The SMILES string of the molecule is CCCOc1ccc(CNC(=O)N[C@H]2CCCOCC2)c(C)c1. The van der Waals surface area contributed by atoms with E-state index in [2.05, 4.69) is 17.6 Å². The molecule has 0 spiro atoms. The van der Waals surface area contributed by atoms with Crippen molar-refractivity contribution >= 4 is 6.03 Å². The van der Waals surface area contributed by atoms with Crippen molar-refractivity contribution < 1.29 is 14.3 Å². The molecule has 1 fully saturated rings. The normalized spacial score (nSPS) is 18.1. The summed E-state index contributed by atoms with van der Waals surface area (Å²) in [6, 6.07) is 6.10. The molecular formula is C18H28N2O3. The van der Waals surface area contributed by atoms with Gasteiger partial charge in [-0.15, -0.1) is 0 Å². The maximum Gasteiger partial charge on any atom is 0.315 e. The molecule has 1 atom stereocenters. The summed E-state index contributed by atoms with van der Waals surface area (Å²) in [6.45, 7) is 6.90. The van der Waals surface area contributed by atoms with Gasteiger partial charge in [0.25, 0.3) is 0 Å². The molecule has 0 unspecified atom stereocenters. The molecule has 1 aromatic carbocycles. The van der Waals surface area contributed by atoms with Crippen molar-refractivity contribution in [1.82, 2.24) is 10.6 Å². The molecule has 1 saturated heterocycles. The molecule has 0 radical (unpaired) electrons. The van der Waals surface area contributed by atoms with E-state index in [0.717, 1.165) is 62.4 Å². The number of nitrogens with one attached hydrogen (secondary N) is 2. The summed E-state index contributed by atoms with van der Waals surface area (Å²) in [5.74, 6) is 0.885. The minimum Gasteiger partial charge on any atom is -0.494 e. The molecule has 5 heteroatoms. The maximum atomic E-state index is 12.0. The van der Waals surface area contributed by atoms with Crippen LogP contribution >= 0.6 is 0 Å². The number of amides is 2. The average Bonchev–Trinajstić information content (AvgIpc) is 2.80. The predicted octanol–water partition coefficient (Wildman–Crippen LogP) is 3.15. The third kappa shape index (κ3) is 6.10. The summed E-state index contributed by atoms with van der Waals surface area (Å²) in [4.78, 5) is 12.0. The molecule has 2 N–H and O–H groups in total. The summed E-state index contributed by atoms with van der Waals surface area (Å²) in [5.41, 5.74) is 2.23. The van der Waals surface area contributed by atoms with E-state index >= 15 is 0 Å². The third-order valence-electron chi connectivity index (χ3n) is 4.01. The smallest absolute Gasteiger partial charge is 0.315 e. The average molecular weight is 320 g/mol. The Kier molecular flexibility index (Phi) is 7.20. The number of aryl methyl sites for hydroxylation is 1. The third-order valence-corrected chi connectivity index (χ3v) is 4.01. The second-order valence-electron chi connectivity index (χ2n) is 6.00. The van der Waals surface area contributed by atoms with E-state index in [1.165, 1.54) is 0 Å². The molecule has 2 rings (SSSR count). The number of benzene rings is 1. The zero-order valence-corrected chi connectivity index (χ0v) is 14.2. The van der Waals surface area contributed by atoms with Gasteiger partial charge in [0.2, 0.25) is 0 Å². The molecule has 0 aromatic heterocycles. The monoisotopic (exact) mass is 320 g/mol. The largest absolute Gasteiger partial charge is 0.494 e. The Morgan fingerprint density at radius 2 is 2.22 bits per heavy atom. The van der Waals surface area contributed by atoms with E-state index in [1.54, 1.807) is 0 Å². The van der Waals surface area contributed by atoms with Gasteiger partial charge in [-0.2, -0.15) is 0 Å². The van der Waals surface area contributed by atoms with Crippen molar-refractivity contribution in [3.8, 4) is 5.75 Å². The summed E-state index contributed by atoms with van der Waals surface area (Å²) in [5, 5.41) is 5.97. The molecule has 23 heavy (non-hydrogen) atoms. The molecule has 1 aliphatic rings. The lowest BCUT2D eigenvalue weighted by atomic mass is 10.1. The molecule has 5 nitrogen and oxygen atoms in total. The number of hydrogen-bond donors (Lipinski definition) is 2. The van der Waals surface area contributed by atoms with Crippen molar-refractivity contribution in [1.29, 1.82) is 0 Å². The lowest BCUT2D eigenvalue weighted by Crippen LogP contribution is -2.42. The fourth-order valence-electron chi connectivity index (χ4n) is 2.64. The van der Waals surface area contributed by atoms with Crippen molar-refractivity contribution in [3.63, 3.8) is 0 Å². The van der Waals surface area contributed by atoms with Crippen LogP contribution in [0, 0.1) is 6.92 Å². The molecule has 0 aliphatic carbocycles. The Labute approximate surface area is 138 Å². The van der Waals surface area contributed by atoms with Crippen LogP contribution < -0.4 is 15.4 Å². The van der Waals surface area contributed by atoms with Gasteiger partial charge in [0.15, 0.2) is 0 Å². The van der Waals surface area contributed by atoms with Crippen LogP contribution in [0.4, 0.5) is 4.79 Å². The standard InChI is InChI=1S/C18H28N2O3/c1-3-9-23-17-7-6-15(14(2)12-17)13-19-18(21)20-16-5-4-10-22-11-8-16/h6-7,12,16H,3-5,8-11,13H2,1-2H3,(H2,19,20,21)/t16-/m0/s1. The Hall–Kier alpha value is -1.75. The molecule has 2 amide bonds. The molecule has 1 aromatic rings. The van der Waals surface area contributed by atoms with E-state index in [4.69, 9.17) is 9.47 Å².